The topological polar surface area (TPSA) is 42.9 Å². The number of aromatic nitrogens is 2. The standard InChI is InChI=1S/C8H5BrN2OS/c1-4-7-6(8(9)11-10-4)2-5(3-12)13-7/h2-3H,1H3. The number of halogens is 1. The Hall–Kier alpha value is -0.810. The van der Waals surface area contributed by atoms with E-state index < -0.39 is 0 Å². The van der Waals surface area contributed by atoms with E-state index in [1.54, 1.807) is 0 Å². The number of hydrogen-bond donors (Lipinski definition) is 0. The second-order valence-electron chi connectivity index (χ2n) is 2.59. The average molecular weight is 257 g/mol. The minimum absolute atomic E-state index is 0.692. The van der Waals surface area contributed by atoms with Crippen LogP contribution in [0.25, 0.3) is 10.1 Å². The molecule has 0 aliphatic heterocycles. The lowest BCUT2D eigenvalue weighted by atomic mass is 10.3. The maximum absolute atomic E-state index is 10.6. The number of aldehydes is 1. The maximum atomic E-state index is 10.6. The fraction of sp³-hybridized carbons (Fsp3) is 0.125. The molecule has 2 aromatic rings. The van der Waals surface area contributed by atoms with Gasteiger partial charge < -0.3 is 0 Å². The summed E-state index contributed by atoms with van der Waals surface area (Å²) in [4.78, 5) is 11.3. The summed E-state index contributed by atoms with van der Waals surface area (Å²) in [6, 6.07) is 1.82. The van der Waals surface area contributed by atoms with Gasteiger partial charge in [-0.25, -0.2) is 0 Å². The molecule has 0 N–H and O–H groups in total. The third kappa shape index (κ3) is 1.38. The number of hydrogen-bond acceptors (Lipinski definition) is 4. The molecular weight excluding hydrogens is 252 g/mol. The zero-order valence-electron chi connectivity index (χ0n) is 6.74. The molecule has 66 valence electrons. The van der Waals surface area contributed by atoms with Crippen molar-refractivity contribution in [1.82, 2.24) is 10.2 Å². The van der Waals surface area contributed by atoms with Crippen LogP contribution in [-0.2, 0) is 0 Å². The molecule has 0 radical (unpaired) electrons. The number of carbonyl (C=O) groups excluding carboxylic acids is 1. The summed E-state index contributed by atoms with van der Waals surface area (Å²) in [6.07, 6.45) is 0.844. The number of aryl methyl sites for hydroxylation is 1. The molecule has 2 rings (SSSR count). The van der Waals surface area contributed by atoms with Gasteiger partial charge in [0, 0.05) is 5.39 Å². The SMILES string of the molecule is Cc1nnc(Br)c2cc(C=O)sc12. The Labute approximate surface area is 86.9 Å². The van der Waals surface area contributed by atoms with Gasteiger partial charge in [0.05, 0.1) is 15.3 Å². The van der Waals surface area contributed by atoms with Crippen LogP contribution >= 0.6 is 27.3 Å². The lowest BCUT2D eigenvalue weighted by Crippen LogP contribution is -1.86. The summed E-state index contributed by atoms with van der Waals surface area (Å²) < 4.78 is 1.71. The summed E-state index contributed by atoms with van der Waals surface area (Å²) in [5, 5.41) is 8.82. The molecule has 2 heterocycles. The Bertz CT molecular complexity index is 441. The lowest BCUT2D eigenvalue weighted by Gasteiger charge is -1.93. The summed E-state index contributed by atoms with van der Waals surface area (Å²) in [7, 11) is 0. The number of fused-ring (bicyclic) bond motifs is 1. The molecule has 0 amide bonds. The van der Waals surface area contributed by atoms with Gasteiger partial charge >= 0.3 is 0 Å². The van der Waals surface area contributed by atoms with Crippen molar-refractivity contribution in [2.45, 2.75) is 6.92 Å². The van der Waals surface area contributed by atoms with Gasteiger partial charge in [-0.3, -0.25) is 4.79 Å². The van der Waals surface area contributed by atoms with Crippen molar-refractivity contribution in [3.8, 4) is 0 Å². The van der Waals surface area contributed by atoms with E-state index >= 15 is 0 Å². The Morgan fingerprint density at radius 2 is 2.31 bits per heavy atom. The molecule has 0 atom stereocenters. The first-order valence-electron chi connectivity index (χ1n) is 3.60. The molecule has 0 saturated carbocycles. The molecule has 0 unspecified atom stereocenters. The van der Waals surface area contributed by atoms with Crippen molar-refractivity contribution in [1.29, 1.82) is 0 Å². The van der Waals surface area contributed by atoms with Gasteiger partial charge in [0.15, 0.2) is 6.29 Å². The third-order valence-corrected chi connectivity index (χ3v) is 3.46. The van der Waals surface area contributed by atoms with Crippen molar-refractivity contribution >= 4 is 43.6 Å². The number of nitrogens with zero attached hydrogens (tertiary/aromatic N) is 2. The second kappa shape index (κ2) is 3.16. The second-order valence-corrected chi connectivity index (χ2v) is 4.42. The van der Waals surface area contributed by atoms with Crippen molar-refractivity contribution in [3.63, 3.8) is 0 Å². The summed E-state index contributed by atoms with van der Waals surface area (Å²) in [5.74, 6) is 0. The Balaban J connectivity index is 2.87. The van der Waals surface area contributed by atoms with E-state index in [2.05, 4.69) is 26.1 Å². The number of rotatable bonds is 1. The Morgan fingerprint density at radius 3 is 2.92 bits per heavy atom. The van der Waals surface area contributed by atoms with E-state index in [1.807, 2.05) is 13.0 Å². The molecule has 5 heteroatoms. The molecule has 2 aromatic heterocycles. The highest BCUT2D eigenvalue weighted by Gasteiger charge is 2.08. The van der Waals surface area contributed by atoms with Crippen LogP contribution in [0.5, 0.6) is 0 Å². The van der Waals surface area contributed by atoms with E-state index in [4.69, 9.17) is 0 Å². The van der Waals surface area contributed by atoms with Crippen molar-refractivity contribution < 1.29 is 4.79 Å². The number of thiophene rings is 1. The molecule has 0 aliphatic rings. The Kier molecular flexibility index (Phi) is 2.13. The van der Waals surface area contributed by atoms with Gasteiger partial charge in [0.25, 0.3) is 0 Å². The first kappa shape index (κ1) is 8.77. The predicted octanol–water partition coefficient (Wildman–Crippen LogP) is 2.57. The fourth-order valence-corrected chi connectivity index (χ4v) is 2.55. The van der Waals surface area contributed by atoms with Crippen molar-refractivity contribution in [2.24, 2.45) is 0 Å². The quantitative estimate of drug-likeness (QED) is 0.737. The summed E-state index contributed by atoms with van der Waals surface area (Å²) >= 11 is 4.73. The maximum Gasteiger partial charge on any atom is 0.160 e. The first-order chi connectivity index (χ1) is 6.22. The molecule has 0 saturated heterocycles. The van der Waals surface area contributed by atoms with Crippen molar-refractivity contribution in [2.75, 3.05) is 0 Å². The van der Waals surface area contributed by atoms with E-state index in [1.165, 1.54) is 11.3 Å². The van der Waals surface area contributed by atoms with Gasteiger partial charge in [-0.1, -0.05) is 0 Å². The van der Waals surface area contributed by atoms with Crippen LogP contribution in [0.3, 0.4) is 0 Å². The predicted molar refractivity (Wildman–Crippen MR) is 55.2 cm³/mol. The third-order valence-electron chi connectivity index (χ3n) is 1.71. The van der Waals surface area contributed by atoms with E-state index in [-0.39, 0.29) is 0 Å². The van der Waals surface area contributed by atoms with Crippen LogP contribution in [0, 0.1) is 6.92 Å². The van der Waals surface area contributed by atoms with Gasteiger partial charge in [0.2, 0.25) is 0 Å². The average Bonchev–Trinajstić information content (AvgIpc) is 2.56. The van der Waals surface area contributed by atoms with Crippen LogP contribution in [0.1, 0.15) is 15.4 Å². The van der Waals surface area contributed by atoms with Crippen LogP contribution in [0.2, 0.25) is 0 Å². The minimum atomic E-state index is 0.692. The summed E-state index contributed by atoms with van der Waals surface area (Å²) in [6.45, 7) is 1.88. The zero-order valence-corrected chi connectivity index (χ0v) is 9.15. The highest BCUT2D eigenvalue weighted by atomic mass is 79.9. The first-order valence-corrected chi connectivity index (χ1v) is 5.21. The van der Waals surface area contributed by atoms with E-state index in [9.17, 15) is 4.79 Å². The number of carbonyl (C=O) groups is 1. The highest BCUT2D eigenvalue weighted by molar-refractivity contribution is 9.10. The van der Waals surface area contributed by atoms with Crippen LogP contribution in [-0.4, -0.2) is 16.5 Å². The fourth-order valence-electron chi connectivity index (χ4n) is 1.11. The largest absolute Gasteiger partial charge is 0.297 e. The molecule has 3 nitrogen and oxygen atoms in total. The molecule has 0 aromatic carbocycles. The normalized spacial score (nSPS) is 10.6. The molecule has 0 aliphatic carbocycles. The van der Waals surface area contributed by atoms with Crippen LogP contribution in [0.4, 0.5) is 0 Å². The highest BCUT2D eigenvalue weighted by Crippen LogP contribution is 2.30. The lowest BCUT2D eigenvalue weighted by molar-refractivity contribution is 0.112. The van der Waals surface area contributed by atoms with Gasteiger partial charge in [-0.05, 0) is 28.9 Å². The van der Waals surface area contributed by atoms with Crippen LogP contribution < -0.4 is 0 Å². The molecule has 0 bridgehead atoms. The Morgan fingerprint density at radius 1 is 1.54 bits per heavy atom. The van der Waals surface area contributed by atoms with Gasteiger partial charge in [0.1, 0.15) is 4.60 Å². The minimum Gasteiger partial charge on any atom is -0.297 e. The van der Waals surface area contributed by atoms with Gasteiger partial charge in [-0.15, -0.1) is 16.4 Å². The monoisotopic (exact) mass is 256 g/mol. The van der Waals surface area contributed by atoms with Gasteiger partial charge in [-0.2, -0.15) is 5.10 Å². The molecular formula is C8H5BrN2OS. The zero-order chi connectivity index (χ0) is 9.42. The molecule has 0 spiro atoms. The summed E-state index contributed by atoms with van der Waals surface area (Å²) in [5.41, 5.74) is 0.858. The van der Waals surface area contributed by atoms with Crippen molar-refractivity contribution in [3.05, 3.63) is 21.2 Å². The van der Waals surface area contributed by atoms with E-state index in [0.717, 1.165) is 22.1 Å². The van der Waals surface area contributed by atoms with E-state index in [0.29, 0.717) is 9.48 Å². The van der Waals surface area contributed by atoms with Crippen LogP contribution in [0.15, 0.2) is 10.7 Å². The molecule has 13 heavy (non-hydrogen) atoms. The molecule has 0 fully saturated rings. The smallest absolute Gasteiger partial charge is 0.160 e.